The van der Waals surface area contributed by atoms with E-state index in [1.165, 1.54) is 0 Å². The standard InChI is InChI=1S/C26H30F2N6O3/c1-16(18-10-23(35)29-12-18)37-25-24-22(30-15-34(24)26(27)28)11-21(31-25)17-2-4-19(5-3-17)32-6-8-33(9-7-32)20-13-36-14-20/h2-5,11,15-16,18,20,26H,6-10,12-14H2,1H3,(H,29,35). The highest BCUT2D eigenvalue weighted by Gasteiger charge is 2.30. The average molecular weight is 513 g/mol. The molecule has 2 aromatic heterocycles. The molecule has 3 aliphatic rings. The summed E-state index contributed by atoms with van der Waals surface area (Å²) in [6.45, 7) is 5.16. The number of benzene rings is 1. The number of fused-ring (bicyclic) bond motifs is 1. The average Bonchev–Trinajstić information content (AvgIpc) is 3.50. The van der Waals surface area contributed by atoms with Crippen molar-refractivity contribution < 1.29 is 23.0 Å². The largest absolute Gasteiger partial charge is 0.473 e. The van der Waals surface area contributed by atoms with Gasteiger partial charge in [-0.1, -0.05) is 12.1 Å². The van der Waals surface area contributed by atoms with Crippen LogP contribution < -0.4 is 15.0 Å². The van der Waals surface area contributed by atoms with Gasteiger partial charge in [0, 0.05) is 56.3 Å². The van der Waals surface area contributed by atoms with E-state index in [4.69, 9.17) is 9.47 Å². The van der Waals surface area contributed by atoms with Crippen LogP contribution in [0.2, 0.25) is 0 Å². The van der Waals surface area contributed by atoms with Crippen LogP contribution in [0.15, 0.2) is 36.7 Å². The number of anilines is 1. The van der Waals surface area contributed by atoms with Gasteiger partial charge in [0.1, 0.15) is 17.9 Å². The first-order valence-corrected chi connectivity index (χ1v) is 12.7. The zero-order valence-corrected chi connectivity index (χ0v) is 20.6. The lowest BCUT2D eigenvalue weighted by Crippen LogP contribution is -2.56. The zero-order valence-electron chi connectivity index (χ0n) is 20.6. The molecule has 0 radical (unpaired) electrons. The molecule has 1 amide bonds. The van der Waals surface area contributed by atoms with Gasteiger partial charge >= 0.3 is 6.55 Å². The van der Waals surface area contributed by atoms with E-state index in [0.29, 0.717) is 30.2 Å². The van der Waals surface area contributed by atoms with Gasteiger partial charge in [-0.05, 0) is 25.1 Å². The van der Waals surface area contributed by atoms with Crippen LogP contribution >= 0.6 is 0 Å². The lowest BCUT2D eigenvalue weighted by molar-refractivity contribution is -0.119. The molecule has 3 fully saturated rings. The van der Waals surface area contributed by atoms with E-state index >= 15 is 0 Å². The van der Waals surface area contributed by atoms with Gasteiger partial charge < -0.3 is 19.7 Å². The van der Waals surface area contributed by atoms with Crippen LogP contribution in [0.3, 0.4) is 0 Å². The highest BCUT2D eigenvalue weighted by atomic mass is 19.3. The van der Waals surface area contributed by atoms with Crippen molar-refractivity contribution in [2.45, 2.75) is 32.0 Å². The second kappa shape index (κ2) is 9.86. The number of hydrogen-bond acceptors (Lipinski definition) is 7. The fourth-order valence-corrected chi connectivity index (χ4v) is 5.26. The van der Waals surface area contributed by atoms with Crippen LogP contribution in [-0.2, 0) is 9.53 Å². The van der Waals surface area contributed by atoms with Crippen LogP contribution in [-0.4, -0.2) is 83.4 Å². The third kappa shape index (κ3) is 4.73. The maximum absolute atomic E-state index is 13.7. The van der Waals surface area contributed by atoms with E-state index in [-0.39, 0.29) is 23.2 Å². The molecule has 0 spiro atoms. The maximum atomic E-state index is 13.7. The molecular formula is C26H30F2N6O3. The molecule has 6 rings (SSSR count). The second-order valence-corrected chi connectivity index (χ2v) is 9.96. The van der Waals surface area contributed by atoms with Gasteiger partial charge in [0.05, 0.1) is 30.5 Å². The minimum absolute atomic E-state index is 0.0384. The number of aromatic nitrogens is 3. The highest BCUT2D eigenvalue weighted by molar-refractivity contribution is 5.85. The Labute approximate surface area is 213 Å². The molecule has 37 heavy (non-hydrogen) atoms. The number of hydrogen-bond donors (Lipinski definition) is 1. The highest BCUT2D eigenvalue weighted by Crippen LogP contribution is 2.33. The van der Waals surface area contributed by atoms with Crippen molar-refractivity contribution in [3.8, 4) is 17.1 Å². The minimum atomic E-state index is -2.78. The Kier molecular flexibility index (Phi) is 6.41. The SMILES string of the molecule is CC(Oc1nc(-c2ccc(N3CCN(C4COC4)CC3)cc2)cc2ncn(C(F)F)c12)C1CNC(=O)C1. The number of nitrogens with zero attached hydrogens (tertiary/aromatic N) is 5. The number of nitrogens with one attached hydrogen (secondary N) is 1. The van der Waals surface area contributed by atoms with Gasteiger partial charge in [-0.2, -0.15) is 8.78 Å². The fourth-order valence-electron chi connectivity index (χ4n) is 5.26. The molecule has 2 atom stereocenters. The summed E-state index contributed by atoms with van der Waals surface area (Å²) in [6.07, 6.45) is 1.05. The van der Waals surface area contributed by atoms with Crippen molar-refractivity contribution in [3.05, 3.63) is 36.7 Å². The summed E-state index contributed by atoms with van der Waals surface area (Å²) < 4.78 is 39.6. The third-order valence-electron chi connectivity index (χ3n) is 7.68. The number of ether oxygens (including phenoxy) is 2. The summed E-state index contributed by atoms with van der Waals surface area (Å²) in [6, 6.07) is 10.4. The molecule has 1 aromatic carbocycles. The molecule has 3 aromatic rings. The second-order valence-electron chi connectivity index (χ2n) is 9.96. The van der Waals surface area contributed by atoms with Crippen LogP contribution in [0.4, 0.5) is 14.5 Å². The van der Waals surface area contributed by atoms with Crippen molar-refractivity contribution in [2.75, 3.05) is 50.8 Å². The first-order valence-electron chi connectivity index (χ1n) is 12.7. The Hall–Kier alpha value is -3.31. The molecule has 1 N–H and O–H groups in total. The predicted octanol–water partition coefficient (Wildman–Crippen LogP) is 2.92. The van der Waals surface area contributed by atoms with Crippen LogP contribution in [0.5, 0.6) is 5.88 Å². The Bertz CT molecular complexity index is 1270. The Morgan fingerprint density at radius 2 is 1.89 bits per heavy atom. The molecule has 3 saturated heterocycles. The lowest BCUT2D eigenvalue weighted by Gasteiger charge is -2.43. The van der Waals surface area contributed by atoms with E-state index in [9.17, 15) is 13.6 Å². The van der Waals surface area contributed by atoms with Gasteiger partial charge in [-0.3, -0.25) is 14.3 Å². The number of rotatable bonds is 7. The molecule has 11 heteroatoms. The number of alkyl halides is 2. The van der Waals surface area contributed by atoms with Crippen molar-refractivity contribution in [1.29, 1.82) is 0 Å². The van der Waals surface area contributed by atoms with E-state index in [2.05, 4.69) is 37.2 Å². The van der Waals surface area contributed by atoms with Crippen LogP contribution in [0.25, 0.3) is 22.3 Å². The molecule has 0 saturated carbocycles. The summed E-state index contributed by atoms with van der Waals surface area (Å²) in [5.74, 6) is -0.00620. The molecule has 9 nitrogen and oxygen atoms in total. The van der Waals surface area contributed by atoms with Gasteiger partial charge in [0.2, 0.25) is 11.8 Å². The number of pyridine rings is 1. The lowest BCUT2D eigenvalue weighted by atomic mass is 10.0. The van der Waals surface area contributed by atoms with Crippen molar-refractivity contribution in [2.24, 2.45) is 5.92 Å². The van der Waals surface area contributed by atoms with Crippen molar-refractivity contribution >= 4 is 22.6 Å². The van der Waals surface area contributed by atoms with Crippen molar-refractivity contribution in [3.63, 3.8) is 0 Å². The van der Waals surface area contributed by atoms with Crippen LogP contribution in [0, 0.1) is 5.92 Å². The van der Waals surface area contributed by atoms with Crippen LogP contribution in [0.1, 0.15) is 19.9 Å². The Balaban J connectivity index is 1.24. The smallest absolute Gasteiger partial charge is 0.320 e. The van der Waals surface area contributed by atoms with Crippen molar-refractivity contribution in [1.82, 2.24) is 24.8 Å². The monoisotopic (exact) mass is 512 g/mol. The van der Waals surface area contributed by atoms with E-state index in [1.54, 1.807) is 6.07 Å². The number of halogens is 2. The van der Waals surface area contributed by atoms with E-state index in [0.717, 1.165) is 61.5 Å². The van der Waals surface area contributed by atoms with Gasteiger partial charge in [-0.15, -0.1) is 0 Å². The van der Waals surface area contributed by atoms with Gasteiger partial charge in [-0.25, -0.2) is 9.97 Å². The number of amides is 1. The first kappa shape index (κ1) is 24.1. The normalized spacial score (nSPS) is 21.9. The van der Waals surface area contributed by atoms with E-state index < -0.39 is 12.7 Å². The molecule has 0 aliphatic carbocycles. The first-order chi connectivity index (χ1) is 18.0. The number of carbonyl (C=O) groups is 1. The number of imidazole rings is 1. The number of carbonyl (C=O) groups excluding carboxylic acids is 1. The number of piperazine rings is 1. The summed E-state index contributed by atoms with van der Waals surface area (Å²) in [5, 5.41) is 2.79. The molecule has 3 aliphatic heterocycles. The van der Waals surface area contributed by atoms with Gasteiger partial charge in [0.25, 0.3) is 0 Å². The quantitative estimate of drug-likeness (QED) is 0.521. The summed E-state index contributed by atoms with van der Waals surface area (Å²) in [5.41, 5.74) is 3.11. The Morgan fingerprint density at radius 1 is 1.14 bits per heavy atom. The minimum Gasteiger partial charge on any atom is -0.473 e. The summed E-state index contributed by atoms with van der Waals surface area (Å²) >= 11 is 0. The molecule has 2 unspecified atom stereocenters. The summed E-state index contributed by atoms with van der Waals surface area (Å²) in [4.78, 5) is 25.4. The van der Waals surface area contributed by atoms with E-state index in [1.807, 2.05) is 19.1 Å². The Morgan fingerprint density at radius 3 is 2.51 bits per heavy atom. The summed E-state index contributed by atoms with van der Waals surface area (Å²) in [7, 11) is 0. The molecule has 196 valence electrons. The van der Waals surface area contributed by atoms with Gasteiger partial charge in [0.15, 0.2) is 0 Å². The zero-order chi connectivity index (χ0) is 25.5. The molecular weight excluding hydrogens is 482 g/mol. The topological polar surface area (TPSA) is 84.8 Å². The third-order valence-corrected chi connectivity index (χ3v) is 7.68. The molecule has 0 bridgehead atoms. The predicted molar refractivity (Wildman–Crippen MR) is 134 cm³/mol. The fraction of sp³-hybridized carbons (Fsp3) is 0.500. The molecule has 5 heterocycles. The maximum Gasteiger partial charge on any atom is 0.320 e.